The highest BCUT2D eigenvalue weighted by Crippen LogP contribution is 2.34. The molecular formula is C20H25N3O3. The monoisotopic (exact) mass is 355 g/mol. The Morgan fingerprint density at radius 2 is 1.58 bits per heavy atom. The molecule has 0 atom stereocenters. The maximum atomic E-state index is 13.2. The van der Waals surface area contributed by atoms with Gasteiger partial charge in [0.25, 0.3) is 5.91 Å². The SMILES string of the molecule is O=C1CCCCN1c1ccccc1N1CCC=C(N2CCOCC2)C1=O. The van der Waals surface area contributed by atoms with E-state index >= 15 is 0 Å². The zero-order valence-corrected chi connectivity index (χ0v) is 15.0. The van der Waals surface area contributed by atoms with E-state index in [-0.39, 0.29) is 11.8 Å². The van der Waals surface area contributed by atoms with Crippen molar-refractivity contribution >= 4 is 23.2 Å². The minimum absolute atomic E-state index is 0.0232. The molecule has 0 bridgehead atoms. The van der Waals surface area contributed by atoms with Crippen molar-refractivity contribution in [1.82, 2.24) is 4.90 Å². The van der Waals surface area contributed by atoms with Crippen LogP contribution in [0.2, 0.25) is 0 Å². The van der Waals surface area contributed by atoms with Crippen LogP contribution in [-0.2, 0) is 14.3 Å². The van der Waals surface area contributed by atoms with Crippen LogP contribution in [0.5, 0.6) is 0 Å². The molecule has 0 saturated carbocycles. The van der Waals surface area contributed by atoms with Crippen molar-refractivity contribution in [2.24, 2.45) is 0 Å². The number of piperidine rings is 1. The quantitative estimate of drug-likeness (QED) is 0.834. The summed E-state index contributed by atoms with van der Waals surface area (Å²) >= 11 is 0. The lowest BCUT2D eigenvalue weighted by atomic mass is 10.1. The number of hydrogen-bond acceptors (Lipinski definition) is 4. The largest absolute Gasteiger partial charge is 0.378 e. The van der Waals surface area contributed by atoms with Gasteiger partial charge in [0.1, 0.15) is 0 Å². The molecule has 0 aliphatic carbocycles. The first kappa shape index (κ1) is 17.1. The van der Waals surface area contributed by atoms with Crippen LogP contribution in [0.3, 0.4) is 0 Å². The fraction of sp³-hybridized carbons (Fsp3) is 0.500. The van der Waals surface area contributed by atoms with E-state index in [1.165, 1.54) is 0 Å². The Bertz CT molecular complexity index is 725. The first-order valence-electron chi connectivity index (χ1n) is 9.50. The van der Waals surface area contributed by atoms with Crippen LogP contribution in [0.15, 0.2) is 36.0 Å². The Kier molecular flexibility index (Phi) is 4.93. The number of anilines is 2. The molecule has 1 aromatic rings. The Labute approximate surface area is 154 Å². The number of para-hydroxylation sites is 2. The van der Waals surface area contributed by atoms with Crippen LogP contribution in [0.4, 0.5) is 11.4 Å². The van der Waals surface area contributed by atoms with Gasteiger partial charge in [0.15, 0.2) is 0 Å². The highest BCUT2D eigenvalue weighted by Gasteiger charge is 2.31. The molecule has 0 aromatic heterocycles. The van der Waals surface area contributed by atoms with Crippen molar-refractivity contribution in [3.05, 3.63) is 36.0 Å². The molecule has 3 aliphatic rings. The zero-order valence-electron chi connectivity index (χ0n) is 15.0. The first-order valence-corrected chi connectivity index (χ1v) is 9.50. The predicted octanol–water partition coefficient (Wildman–Crippen LogP) is 2.16. The maximum Gasteiger partial charge on any atom is 0.274 e. The van der Waals surface area contributed by atoms with Gasteiger partial charge in [-0.3, -0.25) is 9.59 Å². The average Bonchev–Trinajstić information content (AvgIpc) is 2.69. The highest BCUT2D eigenvalue weighted by atomic mass is 16.5. The first-order chi connectivity index (χ1) is 12.8. The van der Waals surface area contributed by atoms with Gasteiger partial charge in [-0.05, 0) is 31.4 Å². The average molecular weight is 355 g/mol. The highest BCUT2D eigenvalue weighted by molar-refractivity contribution is 6.09. The number of morpholine rings is 1. The van der Waals surface area contributed by atoms with Gasteiger partial charge in [0.05, 0.1) is 30.3 Å². The molecular weight excluding hydrogens is 330 g/mol. The molecule has 2 amide bonds. The van der Waals surface area contributed by atoms with Crippen molar-refractivity contribution in [2.45, 2.75) is 25.7 Å². The van der Waals surface area contributed by atoms with Crippen LogP contribution in [-0.4, -0.2) is 56.1 Å². The van der Waals surface area contributed by atoms with Gasteiger partial charge in [-0.15, -0.1) is 0 Å². The van der Waals surface area contributed by atoms with E-state index in [1.54, 1.807) is 0 Å². The van der Waals surface area contributed by atoms with Gasteiger partial charge in [0, 0.05) is 32.6 Å². The van der Waals surface area contributed by atoms with Crippen molar-refractivity contribution in [3.63, 3.8) is 0 Å². The Hall–Kier alpha value is -2.34. The third-order valence-electron chi connectivity index (χ3n) is 5.29. The van der Waals surface area contributed by atoms with E-state index in [1.807, 2.05) is 40.1 Å². The maximum absolute atomic E-state index is 13.2. The van der Waals surface area contributed by atoms with Gasteiger partial charge in [-0.2, -0.15) is 0 Å². The molecule has 2 fully saturated rings. The molecule has 3 aliphatic heterocycles. The second-order valence-corrected chi connectivity index (χ2v) is 6.93. The van der Waals surface area contributed by atoms with Crippen molar-refractivity contribution in [3.8, 4) is 0 Å². The van der Waals surface area contributed by atoms with E-state index in [9.17, 15) is 9.59 Å². The Morgan fingerprint density at radius 1 is 0.846 bits per heavy atom. The van der Waals surface area contributed by atoms with E-state index in [4.69, 9.17) is 4.74 Å². The van der Waals surface area contributed by atoms with E-state index in [0.717, 1.165) is 56.0 Å². The lowest BCUT2D eigenvalue weighted by Crippen LogP contribution is -2.46. The molecule has 6 nitrogen and oxygen atoms in total. The normalized spacial score (nSPS) is 21.8. The summed E-state index contributed by atoms with van der Waals surface area (Å²) in [7, 11) is 0. The van der Waals surface area contributed by atoms with Crippen LogP contribution >= 0.6 is 0 Å². The fourth-order valence-corrected chi connectivity index (χ4v) is 3.94. The Balaban J connectivity index is 1.62. The number of nitrogens with zero attached hydrogens (tertiary/aromatic N) is 3. The number of benzene rings is 1. The molecule has 26 heavy (non-hydrogen) atoms. The number of amides is 2. The van der Waals surface area contributed by atoms with Crippen molar-refractivity contribution in [1.29, 1.82) is 0 Å². The van der Waals surface area contributed by atoms with Gasteiger partial charge in [0.2, 0.25) is 5.91 Å². The third kappa shape index (κ3) is 3.21. The van der Waals surface area contributed by atoms with Crippen molar-refractivity contribution in [2.75, 3.05) is 49.2 Å². The second-order valence-electron chi connectivity index (χ2n) is 6.93. The zero-order chi connectivity index (χ0) is 17.9. The fourth-order valence-electron chi connectivity index (χ4n) is 3.94. The topological polar surface area (TPSA) is 53.1 Å². The predicted molar refractivity (Wildman–Crippen MR) is 100 cm³/mol. The van der Waals surface area contributed by atoms with E-state index in [2.05, 4.69) is 4.90 Å². The van der Waals surface area contributed by atoms with Gasteiger partial charge in [-0.25, -0.2) is 0 Å². The minimum Gasteiger partial charge on any atom is -0.378 e. The minimum atomic E-state index is 0.0232. The molecule has 0 unspecified atom stereocenters. The molecule has 4 rings (SSSR count). The molecule has 2 saturated heterocycles. The summed E-state index contributed by atoms with van der Waals surface area (Å²) in [6.45, 7) is 4.18. The molecule has 138 valence electrons. The molecule has 6 heteroatoms. The molecule has 0 N–H and O–H groups in total. The summed E-state index contributed by atoms with van der Waals surface area (Å²) in [4.78, 5) is 31.4. The van der Waals surface area contributed by atoms with Gasteiger partial charge >= 0.3 is 0 Å². The second kappa shape index (κ2) is 7.50. The summed E-state index contributed by atoms with van der Waals surface area (Å²) in [5.74, 6) is 0.173. The Morgan fingerprint density at radius 3 is 2.31 bits per heavy atom. The summed E-state index contributed by atoms with van der Waals surface area (Å²) in [5.41, 5.74) is 2.46. The smallest absolute Gasteiger partial charge is 0.274 e. The number of hydrogen-bond donors (Lipinski definition) is 0. The van der Waals surface area contributed by atoms with E-state index in [0.29, 0.717) is 26.2 Å². The molecule has 1 aromatic carbocycles. The summed E-state index contributed by atoms with van der Waals surface area (Å²) in [5, 5.41) is 0. The van der Waals surface area contributed by atoms with Crippen LogP contribution < -0.4 is 9.80 Å². The van der Waals surface area contributed by atoms with Gasteiger partial charge < -0.3 is 19.4 Å². The summed E-state index contributed by atoms with van der Waals surface area (Å²) < 4.78 is 5.41. The van der Waals surface area contributed by atoms with Crippen molar-refractivity contribution < 1.29 is 14.3 Å². The van der Waals surface area contributed by atoms with E-state index < -0.39 is 0 Å². The standard InChI is InChI=1S/C20H25N3O3/c24-19-9-3-4-10-22(19)16-6-1-2-7-17(16)23-11-5-8-18(20(23)25)21-12-14-26-15-13-21/h1-2,6-8H,3-5,9-15H2. The number of carbonyl (C=O) groups excluding carboxylic acids is 2. The summed E-state index contributed by atoms with van der Waals surface area (Å²) in [6, 6.07) is 7.79. The number of ether oxygens (including phenoxy) is 1. The third-order valence-corrected chi connectivity index (χ3v) is 5.29. The lowest BCUT2D eigenvalue weighted by molar-refractivity contribution is -0.120. The summed E-state index contributed by atoms with van der Waals surface area (Å²) in [6.07, 6.45) is 5.40. The van der Waals surface area contributed by atoms with Crippen LogP contribution in [0.25, 0.3) is 0 Å². The number of carbonyl (C=O) groups is 2. The lowest BCUT2D eigenvalue weighted by Gasteiger charge is -2.37. The van der Waals surface area contributed by atoms with Gasteiger partial charge in [-0.1, -0.05) is 18.2 Å². The molecule has 0 radical (unpaired) electrons. The van der Waals surface area contributed by atoms with Crippen LogP contribution in [0, 0.1) is 0 Å². The molecule has 0 spiro atoms. The van der Waals surface area contributed by atoms with Crippen LogP contribution in [0.1, 0.15) is 25.7 Å². The molecule has 3 heterocycles. The number of rotatable bonds is 3.